The van der Waals surface area contributed by atoms with Gasteiger partial charge in [0, 0.05) is 6.04 Å². The molecule has 170 valence electrons. The first kappa shape index (κ1) is 25.0. The van der Waals surface area contributed by atoms with E-state index in [0.717, 1.165) is 23.8 Å². The molecular weight excluding hydrogens is 522 g/mol. The largest absolute Gasteiger partial charge is 0.494 e. The number of ketones is 1. The summed E-state index contributed by atoms with van der Waals surface area (Å²) >= 11 is 30.2. The molecule has 11 heteroatoms. The van der Waals surface area contributed by atoms with E-state index in [1.54, 1.807) is 0 Å². The summed E-state index contributed by atoms with van der Waals surface area (Å²) in [5.74, 6) is -1.33. The van der Waals surface area contributed by atoms with Crippen LogP contribution in [0.4, 0.5) is 0 Å². The number of aromatic hydroxyl groups is 1. The van der Waals surface area contributed by atoms with Crippen LogP contribution in [0, 0.1) is 18.3 Å². The van der Waals surface area contributed by atoms with E-state index in [1.807, 2.05) is 6.07 Å². The van der Waals surface area contributed by atoms with Gasteiger partial charge in [0.2, 0.25) is 11.7 Å². The lowest BCUT2D eigenvalue weighted by molar-refractivity contribution is 0.0915. The highest BCUT2D eigenvalue weighted by molar-refractivity contribution is 6.55. The second-order valence-electron chi connectivity index (χ2n) is 7.39. The molecule has 1 saturated carbocycles. The Kier molecular flexibility index (Phi) is 7.90. The second kappa shape index (κ2) is 10.1. The lowest BCUT2D eigenvalue weighted by atomic mass is 9.93. The maximum Gasteiger partial charge on any atom is 0.271 e. The van der Waals surface area contributed by atoms with Gasteiger partial charge >= 0.3 is 0 Å². The first-order chi connectivity index (χ1) is 15.1. The highest BCUT2D eigenvalue weighted by Crippen LogP contribution is 2.48. The maximum atomic E-state index is 13.0. The van der Waals surface area contributed by atoms with E-state index in [0.29, 0.717) is 12.8 Å². The highest BCUT2D eigenvalue weighted by atomic mass is 35.5. The van der Waals surface area contributed by atoms with Crippen molar-refractivity contribution in [1.82, 2.24) is 4.57 Å². The SMILES string of the molecule is Cc1c(C(=O)COc2c(Cl)c(Cl)c(Cl)c(Cl)c2Cl)c(O)n(C2CCCCC2)c(=O)c1C#N. The number of hydrogen-bond donors (Lipinski definition) is 1. The Morgan fingerprint density at radius 2 is 1.59 bits per heavy atom. The molecule has 0 atom stereocenters. The minimum absolute atomic E-state index is 0.0614. The van der Waals surface area contributed by atoms with Crippen molar-refractivity contribution >= 4 is 63.8 Å². The molecule has 1 aromatic carbocycles. The van der Waals surface area contributed by atoms with E-state index >= 15 is 0 Å². The molecule has 0 spiro atoms. The van der Waals surface area contributed by atoms with Crippen LogP contribution in [0.15, 0.2) is 4.79 Å². The fourth-order valence-corrected chi connectivity index (χ4v) is 5.09. The van der Waals surface area contributed by atoms with Crippen LogP contribution in [0.1, 0.15) is 59.6 Å². The zero-order valence-corrected chi connectivity index (χ0v) is 20.6. The Balaban J connectivity index is 2.03. The van der Waals surface area contributed by atoms with E-state index in [-0.39, 0.29) is 53.6 Å². The van der Waals surface area contributed by atoms with E-state index in [2.05, 4.69) is 0 Å². The van der Waals surface area contributed by atoms with Crippen LogP contribution in [-0.4, -0.2) is 22.1 Å². The van der Waals surface area contributed by atoms with E-state index in [9.17, 15) is 20.0 Å². The van der Waals surface area contributed by atoms with Gasteiger partial charge in [-0.25, -0.2) is 0 Å². The molecule has 1 aromatic heterocycles. The Hall–Kier alpha value is -1.62. The van der Waals surface area contributed by atoms with Crippen molar-refractivity contribution in [3.8, 4) is 17.7 Å². The zero-order chi connectivity index (χ0) is 23.7. The molecule has 1 aliphatic rings. The van der Waals surface area contributed by atoms with Gasteiger partial charge in [-0.05, 0) is 25.3 Å². The van der Waals surface area contributed by atoms with E-state index < -0.39 is 23.8 Å². The van der Waals surface area contributed by atoms with Gasteiger partial charge in [0.05, 0.1) is 20.6 Å². The van der Waals surface area contributed by atoms with Gasteiger partial charge in [0.15, 0.2) is 12.4 Å². The number of rotatable bonds is 5. The highest BCUT2D eigenvalue weighted by Gasteiger charge is 2.29. The molecule has 0 saturated heterocycles. The average Bonchev–Trinajstić information content (AvgIpc) is 2.77. The number of halogens is 5. The Morgan fingerprint density at radius 1 is 1.06 bits per heavy atom. The number of nitrogens with zero attached hydrogens (tertiary/aromatic N) is 2. The van der Waals surface area contributed by atoms with Crippen molar-refractivity contribution in [3.05, 3.63) is 52.2 Å². The van der Waals surface area contributed by atoms with E-state index in [4.69, 9.17) is 62.7 Å². The Morgan fingerprint density at radius 3 is 2.12 bits per heavy atom. The molecule has 1 aliphatic carbocycles. The molecule has 0 amide bonds. The molecule has 0 aliphatic heterocycles. The first-order valence-corrected chi connectivity index (χ1v) is 11.6. The summed E-state index contributed by atoms with van der Waals surface area (Å²) in [6, 6.07) is 1.55. The summed E-state index contributed by atoms with van der Waals surface area (Å²) in [5, 5.41) is 19.9. The van der Waals surface area contributed by atoms with E-state index in [1.165, 1.54) is 6.92 Å². The van der Waals surface area contributed by atoms with Crippen LogP contribution in [-0.2, 0) is 0 Å². The summed E-state index contributed by atoms with van der Waals surface area (Å²) in [6.07, 6.45) is 4.12. The third kappa shape index (κ3) is 4.42. The smallest absolute Gasteiger partial charge is 0.271 e. The summed E-state index contributed by atoms with van der Waals surface area (Å²) < 4.78 is 6.62. The van der Waals surface area contributed by atoms with Crippen LogP contribution < -0.4 is 10.3 Å². The zero-order valence-electron chi connectivity index (χ0n) is 16.8. The number of pyridine rings is 1. The molecule has 3 rings (SSSR count). The third-order valence-corrected chi connectivity index (χ3v) is 7.72. The summed E-state index contributed by atoms with van der Waals surface area (Å²) in [7, 11) is 0. The molecule has 1 N–H and O–H groups in total. The van der Waals surface area contributed by atoms with Crippen molar-refractivity contribution < 1.29 is 14.6 Å². The maximum absolute atomic E-state index is 13.0. The number of carbonyl (C=O) groups excluding carboxylic acids is 1. The van der Waals surface area contributed by atoms with Gasteiger partial charge in [0.1, 0.15) is 21.7 Å². The molecule has 0 unspecified atom stereocenters. The summed E-state index contributed by atoms with van der Waals surface area (Å²) in [4.78, 5) is 25.9. The number of benzene rings is 1. The van der Waals surface area contributed by atoms with Crippen LogP contribution in [0.3, 0.4) is 0 Å². The monoisotopic (exact) mass is 536 g/mol. The number of ether oxygens (including phenoxy) is 1. The molecule has 1 fully saturated rings. The molecule has 0 radical (unpaired) electrons. The summed E-state index contributed by atoms with van der Waals surface area (Å²) in [5.41, 5.74) is -0.926. The van der Waals surface area contributed by atoms with Crippen molar-refractivity contribution in [2.75, 3.05) is 6.61 Å². The number of nitriles is 1. The molecule has 1 heterocycles. The van der Waals surface area contributed by atoms with Crippen molar-refractivity contribution in [1.29, 1.82) is 5.26 Å². The predicted octanol–water partition coefficient (Wildman–Crippen LogP) is 6.77. The van der Waals surface area contributed by atoms with Crippen LogP contribution in [0.2, 0.25) is 25.1 Å². The lowest BCUT2D eigenvalue weighted by Crippen LogP contribution is -2.31. The lowest BCUT2D eigenvalue weighted by Gasteiger charge is -2.26. The van der Waals surface area contributed by atoms with Crippen LogP contribution in [0.25, 0.3) is 0 Å². The second-order valence-corrected chi connectivity index (χ2v) is 9.28. The van der Waals surface area contributed by atoms with Crippen molar-refractivity contribution in [2.45, 2.75) is 45.1 Å². The fraction of sp³-hybridized carbons (Fsp3) is 0.381. The van der Waals surface area contributed by atoms with Gasteiger partial charge in [-0.1, -0.05) is 77.3 Å². The first-order valence-electron chi connectivity index (χ1n) is 9.67. The molecule has 6 nitrogen and oxygen atoms in total. The number of hydrogen-bond acceptors (Lipinski definition) is 5. The van der Waals surface area contributed by atoms with Gasteiger partial charge in [-0.2, -0.15) is 5.26 Å². The molecule has 2 aromatic rings. The number of aromatic nitrogens is 1. The Labute approximate surface area is 209 Å². The fourth-order valence-electron chi connectivity index (χ4n) is 3.86. The van der Waals surface area contributed by atoms with Crippen molar-refractivity contribution in [2.24, 2.45) is 0 Å². The molecular formula is C21H17Cl5N2O4. The number of Topliss-reactive ketones (excluding diaryl/α,β-unsaturated/α-hetero) is 1. The number of carbonyl (C=O) groups is 1. The molecule has 0 bridgehead atoms. The van der Waals surface area contributed by atoms with Crippen LogP contribution in [0.5, 0.6) is 11.6 Å². The minimum Gasteiger partial charge on any atom is -0.494 e. The topological polar surface area (TPSA) is 92.3 Å². The predicted molar refractivity (Wildman–Crippen MR) is 125 cm³/mol. The van der Waals surface area contributed by atoms with Gasteiger partial charge < -0.3 is 9.84 Å². The molecule has 32 heavy (non-hydrogen) atoms. The van der Waals surface area contributed by atoms with Crippen molar-refractivity contribution in [3.63, 3.8) is 0 Å². The van der Waals surface area contributed by atoms with Crippen LogP contribution >= 0.6 is 58.0 Å². The van der Waals surface area contributed by atoms with Gasteiger partial charge in [-0.3, -0.25) is 14.2 Å². The standard InChI is InChI=1S/C21H17Cl5N2O4/c1-9-11(7-27)20(30)28(10-5-3-2-4-6-10)21(31)13(9)12(29)8-32-19-17(25)15(23)14(22)16(24)18(19)26/h10,31H,2-6,8H2,1H3. The average molecular weight is 539 g/mol. The third-order valence-electron chi connectivity index (χ3n) is 5.48. The van der Waals surface area contributed by atoms with Gasteiger partial charge in [-0.15, -0.1) is 0 Å². The summed E-state index contributed by atoms with van der Waals surface area (Å²) in [6.45, 7) is 0.809. The Bertz CT molecular complexity index is 1170. The normalized spacial score (nSPS) is 14.3. The quantitative estimate of drug-likeness (QED) is 0.258. The minimum atomic E-state index is -0.685. The van der Waals surface area contributed by atoms with Gasteiger partial charge in [0.25, 0.3) is 5.56 Å².